The van der Waals surface area contributed by atoms with Crippen LogP contribution in [-0.4, -0.2) is 28.9 Å². The van der Waals surface area contributed by atoms with Crippen molar-refractivity contribution in [2.75, 3.05) is 6.54 Å². The van der Waals surface area contributed by atoms with E-state index in [0.29, 0.717) is 24.1 Å². The van der Waals surface area contributed by atoms with Crippen LogP contribution >= 0.6 is 0 Å². The standard InChI is InChI=1S/C19H27NO3/c1-6-10-20-17(22)12-15(7-2)8-9-19(23)14(3)11-16(21)13-18(19,4)5/h11-12,23H,6-7,10,13H2,1-5H3,(H,20,22)/b15-12-. The van der Waals surface area contributed by atoms with Gasteiger partial charge in [0.2, 0.25) is 5.91 Å². The molecule has 0 saturated carbocycles. The van der Waals surface area contributed by atoms with E-state index in [1.807, 2.05) is 27.7 Å². The summed E-state index contributed by atoms with van der Waals surface area (Å²) in [6, 6.07) is 0. The van der Waals surface area contributed by atoms with Gasteiger partial charge in [-0.05, 0) is 31.4 Å². The van der Waals surface area contributed by atoms with Crippen molar-refractivity contribution in [3.05, 3.63) is 23.3 Å². The van der Waals surface area contributed by atoms with Crippen molar-refractivity contribution in [3.8, 4) is 11.8 Å². The quantitative estimate of drug-likeness (QED) is 0.618. The van der Waals surface area contributed by atoms with Crippen LogP contribution in [0.1, 0.15) is 53.9 Å². The van der Waals surface area contributed by atoms with Crippen molar-refractivity contribution in [1.82, 2.24) is 5.32 Å². The fraction of sp³-hybridized carbons (Fsp3) is 0.579. The zero-order valence-corrected chi connectivity index (χ0v) is 14.7. The van der Waals surface area contributed by atoms with Gasteiger partial charge in [0.05, 0.1) is 0 Å². The summed E-state index contributed by atoms with van der Waals surface area (Å²) in [6.07, 6.45) is 4.66. The van der Waals surface area contributed by atoms with Crippen molar-refractivity contribution < 1.29 is 14.7 Å². The minimum atomic E-state index is -1.37. The predicted molar refractivity (Wildman–Crippen MR) is 91.6 cm³/mol. The number of carbonyl (C=O) groups is 2. The lowest BCUT2D eigenvalue weighted by Crippen LogP contribution is -2.48. The Morgan fingerprint density at radius 3 is 2.61 bits per heavy atom. The Balaban J connectivity index is 3.11. The minimum absolute atomic E-state index is 0.00387. The first-order valence-electron chi connectivity index (χ1n) is 8.11. The van der Waals surface area contributed by atoms with Gasteiger partial charge >= 0.3 is 0 Å². The van der Waals surface area contributed by atoms with Crippen LogP contribution in [0.25, 0.3) is 0 Å². The van der Waals surface area contributed by atoms with Gasteiger partial charge in [0, 0.05) is 30.0 Å². The number of nitrogens with one attached hydrogen (secondary N) is 1. The second kappa shape index (κ2) is 7.61. The lowest BCUT2D eigenvalue weighted by molar-refractivity contribution is -0.121. The van der Waals surface area contributed by atoms with Gasteiger partial charge in [0.1, 0.15) is 0 Å². The number of allylic oxidation sites excluding steroid dienone is 2. The van der Waals surface area contributed by atoms with Gasteiger partial charge in [-0.15, -0.1) is 0 Å². The van der Waals surface area contributed by atoms with Crippen LogP contribution in [0, 0.1) is 17.3 Å². The second-order valence-electron chi connectivity index (χ2n) is 6.63. The first-order chi connectivity index (χ1) is 10.7. The molecule has 1 aliphatic carbocycles. The maximum absolute atomic E-state index is 11.8. The molecule has 0 radical (unpaired) electrons. The van der Waals surface area contributed by atoms with E-state index in [0.717, 1.165) is 6.42 Å². The summed E-state index contributed by atoms with van der Waals surface area (Å²) in [5, 5.41) is 13.8. The van der Waals surface area contributed by atoms with E-state index < -0.39 is 11.0 Å². The molecular weight excluding hydrogens is 290 g/mol. The average Bonchev–Trinajstić information content (AvgIpc) is 2.46. The van der Waals surface area contributed by atoms with Gasteiger partial charge in [-0.3, -0.25) is 9.59 Å². The molecule has 0 bridgehead atoms. The van der Waals surface area contributed by atoms with Crippen LogP contribution in [0.15, 0.2) is 23.3 Å². The summed E-state index contributed by atoms with van der Waals surface area (Å²) in [5.74, 6) is 5.68. The van der Waals surface area contributed by atoms with Crippen LogP contribution in [-0.2, 0) is 9.59 Å². The Hall–Kier alpha value is -1.86. The molecule has 4 nitrogen and oxygen atoms in total. The third-order valence-corrected chi connectivity index (χ3v) is 4.18. The molecule has 1 rings (SSSR count). The van der Waals surface area contributed by atoms with Crippen LogP contribution in [0.5, 0.6) is 0 Å². The van der Waals surface area contributed by atoms with E-state index in [2.05, 4.69) is 17.2 Å². The van der Waals surface area contributed by atoms with E-state index in [4.69, 9.17) is 0 Å². The Kier molecular flexibility index (Phi) is 6.35. The Labute approximate surface area is 139 Å². The molecule has 2 N–H and O–H groups in total. The number of hydrogen-bond acceptors (Lipinski definition) is 3. The van der Waals surface area contributed by atoms with Crippen molar-refractivity contribution in [2.24, 2.45) is 5.41 Å². The molecule has 1 atom stereocenters. The summed E-state index contributed by atoms with van der Waals surface area (Å²) < 4.78 is 0. The first kappa shape index (κ1) is 19.2. The molecule has 0 heterocycles. The molecule has 1 unspecified atom stereocenters. The highest BCUT2D eigenvalue weighted by molar-refractivity contribution is 5.93. The van der Waals surface area contributed by atoms with E-state index in [1.54, 1.807) is 6.92 Å². The van der Waals surface area contributed by atoms with Gasteiger partial charge < -0.3 is 10.4 Å². The Morgan fingerprint density at radius 2 is 2.09 bits per heavy atom. The largest absolute Gasteiger partial charge is 0.373 e. The number of ketones is 1. The zero-order valence-electron chi connectivity index (χ0n) is 14.7. The van der Waals surface area contributed by atoms with Gasteiger partial charge in [0.25, 0.3) is 0 Å². The number of carbonyl (C=O) groups excluding carboxylic acids is 2. The van der Waals surface area contributed by atoms with Crippen LogP contribution in [0.3, 0.4) is 0 Å². The monoisotopic (exact) mass is 317 g/mol. The summed E-state index contributed by atoms with van der Waals surface area (Å²) in [6.45, 7) is 9.91. The molecule has 0 saturated heterocycles. The van der Waals surface area contributed by atoms with Crippen molar-refractivity contribution in [1.29, 1.82) is 0 Å². The Morgan fingerprint density at radius 1 is 1.43 bits per heavy atom. The molecule has 126 valence electrons. The van der Waals surface area contributed by atoms with E-state index in [9.17, 15) is 14.7 Å². The average molecular weight is 317 g/mol. The molecule has 4 heteroatoms. The van der Waals surface area contributed by atoms with Gasteiger partial charge in [-0.1, -0.05) is 39.5 Å². The number of aliphatic hydroxyl groups is 1. The molecule has 0 fully saturated rings. The molecule has 0 aromatic rings. The molecule has 1 aliphatic rings. The van der Waals surface area contributed by atoms with Gasteiger partial charge in [-0.2, -0.15) is 0 Å². The molecule has 1 amide bonds. The topological polar surface area (TPSA) is 66.4 Å². The van der Waals surface area contributed by atoms with Crippen LogP contribution in [0.4, 0.5) is 0 Å². The lowest BCUT2D eigenvalue weighted by Gasteiger charge is -2.42. The normalized spacial score (nSPS) is 23.7. The van der Waals surface area contributed by atoms with E-state index >= 15 is 0 Å². The predicted octanol–water partition coefficient (Wildman–Crippen LogP) is 2.53. The highest BCUT2D eigenvalue weighted by Crippen LogP contribution is 2.42. The van der Waals surface area contributed by atoms with Crippen molar-refractivity contribution >= 4 is 11.7 Å². The van der Waals surface area contributed by atoms with Gasteiger partial charge in [-0.25, -0.2) is 0 Å². The molecule has 0 spiro atoms. The maximum atomic E-state index is 11.8. The van der Waals surface area contributed by atoms with Crippen LogP contribution < -0.4 is 5.32 Å². The molecule has 0 aromatic heterocycles. The third kappa shape index (κ3) is 4.56. The molecule has 0 aliphatic heterocycles. The SMILES string of the molecule is CCCNC(=O)/C=C(\C#CC1(O)C(C)=CC(=O)CC1(C)C)CC. The van der Waals surface area contributed by atoms with Crippen molar-refractivity contribution in [2.45, 2.75) is 59.5 Å². The van der Waals surface area contributed by atoms with E-state index in [-0.39, 0.29) is 18.1 Å². The highest BCUT2D eigenvalue weighted by Gasteiger charge is 2.47. The molecule has 23 heavy (non-hydrogen) atoms. The fourth-order valence-electron chi connectivity index (χ4n) is 2.62. The summed E-state index contributed by atoms with van der Waals surface area (Å²) >= 11 is 0. The molecule has 0 aromatic carbocycles. The Bertz CT molecular complexity index is 602. The number of rotatable bonds is 4. The summed E-state index contributed by atoms with van der Waals surface area (Å²) in [5.41, 5.74) is -0.821. The van der Waals surface area contributed by atoms with Crippen molar-refractivity contribution in [3.63, 3.8) is 0 Å². The smallest absolute Gasteiger partial charge is 0.244 e. The molecular formula is C19H27NO3. The van der Waals surface area contributed by atoms with Crippen LogP contribution in [0.2, 0.25) is 0 Å². The lowest BCUT2D eigenvalue weighted by atomic mass is 9.65. The van der Waals surface area contributed by atoms with E-state index in [1.165, 1.54) is 12.2 Å². The third-order valence-electron chi connectivity index (χ3n) is 4.18. The minimum Gasteiger partial charge on any atom is -0.373 e. The second-order valence-corrected chi connectivity index (χ2v) is 6.63. The fourth-order valence-corrected chi connectivity index (χ4v) is 2.62. The number of hydrogen-bond donors (Lipinski definition) is 2. The maximum Gasteiger partial charge on any atom is 0.244 e. The van der Waals surface area contributed by atoms with Gasteiger partial charge in [0.15, 0.2) is 11.4 Å². The summed E-state index contributed by atoms with van der Waals surface area (Å²) in [4.78, 5) is 23.5. The zero-order chi connectivity index (χ0) is 17.7. The summed E-state index contributed by atoms with van der Waals surface area (Å²) in [7, 11) is 0. The first-order valence-corrected chi connectivity index (χ1v) is 8.11. The number of amides is 1. The highest BCUT2D eigenvalue weighted by atomic mass is 16.3.